The average Bonchev–Trinajstić information content (AvgIpc) is 2.88. The average molecular weight is 556 g/mol. The summed E-state index contributed by atoms with van der Waals surface area (Å²) in [6, 6.07) is 5.19. The third-order valence-electron chi connectivity index (χ3n) is 4.87. The van der Waals surface area contributed by atoms with Crippen LogP contribution in [0.1, 0.15) is 32.3 Å². The van der Waals surface area contributed by atoms with Crippen LogP contribution in [0.15, 0.2) is 23.2 Å². The van der Waals surface area contributed by atoms with Crippen molar-refractivity contribution in [1.29, 1.82) is 0 Å². The van der Waals surface area contributed by atoms with Crippen LogP contribution in [-0.2, 0) is 11.3 Å². The summed E-state index contributed by atoms with van der Waals surface area (Å²) < 4.78 is 0. The molecular weight excluding hydrogens is 528 g/mol. The Morgan fingerprint density at radius 1 is 1.31 bits per heavy atom. The molecular formula is C19H28Cl2IN5O2. The molecule has 1 heterocycles. The Morgan fingerprint density at radius 3 is 2.55 bits per heavy atom. The smallest absolute Gasteiger partial charge is 0.325 e. The van der Waals surface area contributed by atoms with E-state index in [1.807, 2.05) is 31.0 Å². The van der Waals surface area contributed by atoms with E-state index in [0.29, 0.717) is 48.5 Å². The summed E-state index contributed by atoms with van der Waals surface area (Å²) in [7, 11) is 3.62. The number of nitrogens with zero attached hydrogens (tertiary/aromatic N) is 3. The second-order valence-electron chi connectivity index (χ2n) is 7.00. The van der Waals surface area contributed by atoms with E-state index in [1.54, 1.807) is 20.0 Å². The van der Waals surface area contributed by atoms with Gasteiger partial charge in [-0.25, -0.2) is 4.79 Å². The Balaban J connectivity index is 0.00000420. The molecule has 1 aliphatic heterocycles. The van der Waals surface area contributed by atoms with E-state index in [9.17, 15) is 9.59 Å². The summed E-state index contributed by atoms with van der Waals surface area (Å²) in [6.07, 6.45) is 1.19. The van der Waals surface area contributed by atoms with E-state index in [0.717, 1.165) is 5.56 Å². The molecule has 1 aromatic rings. The van der Waals surface area contributed by atoms with Crippen LogP contribution in [0.25, 0.3) is 0 Å². The fourth-order valence-corrected chi connectivity index (χ4v) is 3.32. The second-order valence-corrected chi connectivity index (χ2v) is 7.82. The van der Waals surface area contributed by atoms with Gasteiger partial charge in [-0.05, 0) is 37.5 Å². The molecule has 0 saturated carbocycles. The van der Waals surface area contributed by atoms with Crippen LogP contribution >= 0.6 is 47.2 Å². The first kappa shape index (κ1) is 25.8. The van der Waals surface area contributed by atoms with E-state index in [1.165, 1.54) is 4.90 Å². The van der Waals surface area contributed by atoms with Crippen molar-refractivity contribution < 1.29 is 9.59 Å². The number of rotatable bonds is 7. The van der Waals surface area contributed by atoms with E-state index in [2.05, 4.69) is 15.6 Å². The van der Waals surface area contributed by atoms with Crippen molar-refractivity contribution in [1.82, 2.24) is 20.4 Å². The number of aliphatic imine (C=N–C) groups is 1. The Kier molecular flexibility index (Phi) is 9.97. The van der Waals surface area contributed by atoms with Gasteiger partial charge in [0.05, 0.1) is 10.0 Å². The number of carbonyl (C=O) groups is 2. The zero-order valence-corrected chi connectivity index (χ0v) is 20.9. The molecule has 1 saturated heterocycles. The maximum absolute atomic E-state index is 12.4. The zero-order valence-electron chi connectivity index (χ0n) is 17.1. The number of hydrogen-bond acceptors (Lipinski definition) is 3. The lowest BCUT2D eigenvalue weighted by Crippen LogP contribution is -2.43. The molecule has 1 atom stereocenters. The van der Waals surface area contributed by atoms with Crippen molar-refractivity contribution in [2.45, 2.75) is 38.8 Å². The fourth-order valence-electron chi connectivity index (χ4n) is 3.00. The van der Waals surface area contributed by atoms with Gasteiger partial charge in [0, 0.05) is 33.7 Å². The quantitative estimate of drug-likeness (QED) is 0.177. The van der Waals surface area contributed by atoms with Crippen molar-refractivity contribution >= 4 is 65.1 Å². The number of hydrogen-bond donors (Lipinski definition) is 2. The first-order valence-corrected chi connectivity index (χ1v) is 9.97. The van der Waals surface area contributed by atoms with Crippen molar-refractivity contribution in [2.75, 3.05) is 27.2 Å². The van der Waals surface area contributed by atoms with Gasteiger partial charge in [-0.2, -0.15) is 0 Å². The number of guanidine groups is 1. The molecule has 0 aromatic heterocycles. The van der Waals surface area contributed by atoms with Gasteiger partial charge < -0.3 is 15.5 Å². The Bertz CT molecular complexity index is 777. The van der Waals surface area contributed by atoms with Crippen LogP contribution in [0.3, 0.4) is 0 Å². The van der Waals surface area contributed by atoms with Gasteiger partial charge >= 0.3 is 6.03 Å². The lowest BCUT2D eigenvalue weighted by Gasteiger charge is -2.23. The molecule has 162 valence electrons. The maximum atomic E-state index is 12.4. The van der Waals surface area contributed by atoms with Crippen molar-refractivity contribution in [3.05, 3.63) is 33.8 Å². The van der Waals surface area contributed by atoms with Crippen molar-refractivity contribution in [3.8, 4) is 0 Å². The summed E-state index contributed by atoms with van der Waals surface area (Å²) in [5.74, 6) is 0.544. The standard InChI is InChI=1S/C19H27Cl2N5O2.HI/c1-5-19(2)16(27)26(18(28)24-19)10-6-9-23-17(22-3)25(4)12-13-7-8-14(20)15(21)11-13;/h7-8,11H,5-6,9-10,12H2,1-4H3,(H,22,23)(H,24,28);1H. The molecule has 3 amide bonds. The predicted octanol–water partition coefficient (Wildman–Crippen LogP) is 3.73. The van der Waals surface area contributed by atoms with Crippen LogP contribution < -0.4 is 10.6 Å². The molecule has 2 rings (SSSR count). The minimum absolute atomic E-state index is 0. The minimum atomic E-state index is -0.791. The molecule has 0 spiro atoms. The van der Waals surface area contributed by atoms with Gasteiger partial charge in [-0.3, -0.25) is 14.7 Å². The third-order valence-corrected chi connectivity index (χ3v) is 5.61. The summed E-state index contributed by atoms with van der Waals surface area (Å²) in [5.41, 5.74) is 0.221. The first-order valence-electron chi connectivity index (χ1n) is 9.21. The molecule has 1 fully saturated rings. The molecule has 2 N–H and O–H groups in total. The Morgan fingerprint density at radius 2 is 2.00 bits per heavy atom. The fraction of sp³-hybridized carbons (Fsp3) is 0.526. The molecule has 1 aliphatic rings. The third kappa shape index (κ3) is 6.36. The SMILES string of the molecule is CCC1(C)NC(=O)N(CCCNC(=NC)N(C)Cc2ccc(Cl)c(Cl)c2)C1=O.I. The van der Waals surface area contributed by atoms with Gasteiger partial charge in [0.15, 0.2) is 5.96 Å². The highest BCUT2D eigenvalue weighted by molar-refractivity contribution is 14.0. The molecule has 0 aliphatic carbocycles. The van der Waals surface area contributed by atoms with Crippen LogP contribution in [0.2, 0.25) is 10.0 Å². The molecule has 1 aromatic carbocycles. The van der Waals surface area contributed by atoms with E-state index < -0.39 is 5.54 Å². The molecule has 29 heavy (non-hydrogen) atoms. The van der Waals surface area contributed by atoms with Crippen LogP contribution in [0.5, 0.6) is 0 Å². The number of nitrogens with one attached hydrogen (secondary N) is 2. The number of imide groups is 1. The normalized spacial score (nSPS) is 19.1. The molecule has 0 bridgehead atoms. The highest BCUT2D eigenvalue weighted by atomic mass is 127. The summed E-state index contributed by atoms with van der Waals surface area (Å²) >= 11 is 12.0. The monoisotopic (exact) mass is 555 g/mol. The number of benzene rings is 1. The van der Waals surface area contributed by atoms with Gasteiger partial charge in [0.1, 0.15) is 5.54 Å². The Hall–Kier alpha value is -1.26. The van der Waals surface area contributed by atoms with Gasteiger partial charge in [-0.15, -0.1) is 24.0 Å². The summed E-state index contributed by atoms with van der Waals surface area (Å²) in [5, 5.41) is 7.05. The Labute approximate surface area is 199 Å². The predicted molar refractivity (Wildman–Crippen MR) is 128 cm³/mol. The van der Waals surface area contributed by atoms with Crippen LogP contribution in [0, 0.1) is 0 Å². The first-order chi connectivity index (χ1) is 13.2. The van der Waals surface area contributed by atoms with Crippen molar-refractivity contribution in [2.24, 2.45) is 4.99 Å². The largest absolute Gasteiger partial charge is 0.356 e. The lowest BCUT2D eigenvalue weighted by molar-refractivity contribution is -0.130. The molecule has 0 radical (unpaired) electrons. The topological polar surface area (TPSA) is 77.0 Å². The zero-order chi connectivity index (χ0) is 20.9. The van der Waals surface area contributed by atoms with Crippen LogP contribution in [-0.4, -0.2) is 60.4 Å². The molecule has 7 nitrogen and oxygen atoms in total. The molecule has 10 heteroatoms. The van der Waals surface area contributed by atoms with E-state index in [-0.39, 0.29) is 35.9 Å². The molecule has 1 unspecified atom stereocenters. The van der Waals surface area contributed by atoms with Crippen LogP contribution in [0.4, 0.5) is 4.79 Å². The maximum Gasteiger partial charge on any atom is 0.325 e. The number of halogens is 3. The van der Waals surface area contributed by atoms with Gasteiger partial charge in [0.25, 0.3) is 5.91 Å². The minimum Gasteiger partial charge on any atom is -0.356 e. The number of urea groups is 1. The number of carbonyl (C=O) groups excluding carboxylic acids is 2. The highest BCUT2D eigenvalue weighted by Gasteiger charge is 2.45. The summed E-state index contributed by atoms with van der Waals surface area (Å²) in [6.45, 7) is 5.19. The second kappa shape index (κ2) is 11.2. The number of amides is 3. The van der Waals surface area contributed by atoms with Gasteiger partial charge in [-0.1, -0.05) is 36.2 Å². The van der Waals surface area contributed by atoms with Gasteiger partial charge in [0.2, 0.25) is 0 Å². The lowest BCUT2D eigenvalue weighted by atomic mass is 9.99. The highest BCUT2D eigenvalue weighted by Crippen LogP contribution is 2.23. The summed E-state index contributed by atoms with van der Waals surface area (Å²) in [4.78, 5) is 31.9. The van der Waals surface area contributed by atoms with E-state index >= 15 is 0 Å². The van der Waals surface area contributed by atoms with E-state index in [4.69, 9.17) is 23.2 Å². The van der Waals surface area contributed by atoms with Crippen molar-refractivity contribution in [3.63, 3.8) is 0 Å².